The molecule has 10 nitrogen and oxygen atoms in total. The van der Waals surface area contributed by atoms with Crippen molar-refractivity contribution in [1.82, 2.24) is 20.3 Å². The summed E-state index contributed by atoms with van der Waals surface area (Å²) in [5.74, 6) is 0.208. The maximum absolute atomic E-state index is 14.2. The van der Waals surface area contributed by atoms with Crippen molar-refractivity contribution in [2.75, 3.05) is 32.8 Å². The number of sulfonamides is 1. The number of hydrogen-bond acceptors (Lipinski definition) is 7. The molecule has 0 aromatic heterocycles. The van der Waals surface area contributed by atoms with Crippen molar-refractivity contribution in [3.63, 3.8) is 0 Å². The van der Waals surface area contributed by atoms with Crippen LogP contribution in [0, 0.1) is 11.8 Å². The van der Waals surface area contributed by atoms with E-state index >= 15 is 0 Å². The van der Waals surface area contributed by atoms with Crippen molar-refractivity contribution in [2.24, 2.45) is 11.8 Å². The second-order valence-corrected chi connectivity index (χ2v) is 14.2. The van der Waals surface area contributed by atoms with Gasteiger partial charge in [-0.25, -0.2) is 8.42 Å². The van der Waals surface area contributed by atoms with Crippen molar-refractivity contribution in [2.45, 2.75) is 76.0 Å². The third-order valence-corrected chi connectivity index (χ3v) is 9.65. The fraction of sp³-hybridized carbons (Fsp3) is 0.562. The van der Waals surface area contributed by atoms with E-state index in [1.807, 2.05) is 51.1 Å². The molecule has 1 heterocycles. The maximum atomic E-state index is 14.2. The number of aliphatic hydroxyl groups is 1. The van der Waals surface area contributed by atoms with Gasteiger partial charge in [-0.1, -0.05) is 51.1 Å². The Bertz CT molecular complexity index is 1350. The quantitative estimate of drug-likeness (QED) is 0.201. The molecule has 0 radical (unpaired) electrons. The van der Waals surface area contributed by atoms with E-state index in [0.29, 0.717) is 31.4 Å². The standard InChI is InChI=1S/C32H46N4O6S/c1-23(2)22-36(43(40,41)28-11-12-29-26(18-28)13-16-42-29)32(39,19-25-7-5-4-6-8-25)14-15-33-30(37)17-24(3)20-35-31(38)21-34-27-9-10-27/h4-8,11-12,18,23-24,27,34,39H,9-10,13-17,19-22H2,1-3H3,(H,33,37)(H,35,38). The molecule has 1 fully saturated rings. The molecule has 0 spiro atoms. The lowest BCUT2D eigenvalue weighted by Gasteiger charge is -2.40. The van der Waals surface area contributed by atoms with Crippen LogP contribution < -0.4 is 20.7 Å². The number of rotatable bonds is 17. The van der Waals surface area contributed by atoms with E-state index in [9.17, 15) is 23.1 Å². The number of hydrogen-bond donors (Lipinski definition) is 4. The molecule has 43 heavy (non-hydrogen) atoms. The van der Waals surface area contributed by atoms with Crippen LogP contribution in [0.1, 0.15) is 57.6 Å². The van der Waals surface area contributed by atoms with E-state index in [0.717, 1.165) is 24.0 Å². The molecule has 11 heteroatoms. The van der Waals surface area contributed by atoms with Gasteiger partial charge in [0.25, 0.3) is 0 Å². The van der Waals surface area contributed by atoms with Gasteiger partial charge in [-0.15, -0.1) is 0 Å². The van der Waals surface area contributed by atoms with Gasteiger partial charge in [-0.3, -0.25) is 9.59 Å². The monoisotopic (exact) mass is 614 g/mol. The summed E-state index contributed by atoms with van der Waals surface area (Å²) in [4.78, 5) is 24.9. The van der Waals surface area contributed by atoms with Crippen molar-refractivity contribution < 1.29 is 27.9 Å². The molecule has 1 aliphatic carbocycles. The summed E-state index contributed by atoms with van der Waals surface area (Å²) in [6.07, 6.45) is 3.08. The van der Waals surface area contributed by atoms with E-state index < -0.39 is 15.7 Å². The highest BCUT2D eigenvalue weighted by atomic mass is 32.2. The van der Waals surface area contributed by atoms with Crippen LogP contribution in [0.15, 0.2) is 53.4 Å². The van der Waals surface area contributed by atoms with Crippen LogP contribution >= 0.6 is 0 Å². The highest BCUT2D eigenvalue weighted by Crippen LogP contribution is 2.33. The second-order valence-electron chi connectivity index (χ2n) is 12.3. The Hall–Kier alpha value is -2.99. The first-order valence-electron chi connectivity index (χ1n) is 15.3. The van der Waals surface area contributed by atoms with Gasteiger partial charge in [0, 0.05) is 51.4 Å². The molecule has 2 aromatic rings. The molecule has 2 unspecified atom stereocenters. The first kappa shape index (κ1) is 32.9. The lowest BCUT2D eigenvalue weighted by atomic mass is 9.98. The summed E-state index contributed by atoms with van der Waals surface area (Å²) >= 11 is 0. The smallest absolute Gasteiger partial charge is 0.245 e. The van der Waals surface area contributed by atoms with Crippen molar-refractivity contribution in [3.05, 3.63) is 59.7 Å². The van der Waals surface area contributed by atoms with Gasteiger partial charge in [0.1, 0.15) is 11.5 Å². The minimum atomic E-state index is -4.12. The van der Waals surface area contributed by atoms with E-state index in [-0.39, 0.29) is 67.4 Å². The number of ether oxygens (including phenoxy) is 1. The molecule has 2 atom stereocenters. The summed E-state index contributed by atoms with van der Waals surface area (Å²) in [6, 6.07) is 14.6. The Morgan fingerprint density at radius 3 is 2.51 bits per heavy atom. The topological polar surface area (TPSA) is 137 Å². The van der Waals surface area contributed by atoms with Crippen molar-refractivity contribution in [1.29, 1.82) is 0 Å². The largest absolute Gasteiger partial charge is 0.493 e. The van der Waals surface area contributed by atoms with Crippen LogP contribution in [0.2, 0.25) is 0 Å². The lowest BCUT2D eigenvalue weighted by Crippen LogP contribution is -2.55. The van der Waals surface area contributed by atoms with Gasteiger partial charge in [-0.05, 0) is 54.0 Å². The Kier molecular flexibility index (Phi) is 11.2. The zero-order valence-electron chi connectivity index (χ0n) is 25.5. The average molecular weight is 615 g/mol. The maximum Gasteiger partial charge on any atom is 0.245 e. The Labute approximate surface area is 255 Å². The molecule has 0 saturated heterocycles. The molecule has 4 rings (SSSR count). The SMILES string of the molecule is CC(C)CN(C(O)(CCNC(=O)CC(C)CNC(=O)CNC1CC1)Cc1ccccc1)S(=O)(=O)c1ccc2c(c1)CCO2. The zero-order valence-corrected chi connectivity index (χ0v) is 26.3. The first-order valence-corrected chi connectivity index (χ1v) is 16.7. The van der Waals surface area contributed by atoms with E-state index in [1.165, 1.54) is 10.4 Å². The highest BCUT2D eigenvalue weighted by molar-refractivity contribution is 7.89. The van der Waals surface area contributed by atoms with Crippen LogP contribution in [0.5, 0.6) is 5.75 Å². The van der Waals surface area contributed by atoms with Crippen LogP contribution in [0.4, 0.5) is 0 Å². The van der Waals surface area contributed by atoms with Gasteiger partial charge in [0.05, 0.1) is 18.0 Å². The Morgan fingerprint density at radius 1 is 1.07 bits per heavy atom. The summed E-state index contributed by atoms with van der Waals surface area (Å²) in [5.41, 5.74) is -0.196. The molecule has 236 valence electrons. The molecule has 1 aliphatic heterocycles. The molecule has 1 saturated carbocycles. The summed E-state index contributed by atoms with van der Waals surface area (Å²) < 4.78 is 35.1. The van der Waals surface area contributed by atoms with Crippen molar-refractivity contribution in [3.8, 4) is 5.75 Å². The summed E-state index contributed by atoms with van der Waals surface area (Å²) in [6.45, 7) is 7.04. The van der Waals surface area contributed by atoms with E-state index in [1.54, 1.807) is 12.1 Å². The average Bonchev–Trinajstić information content (AvgIpc) is 3.68. The van der Waals surface area contributed by atoms with Gasteiger partial charge in [-0.2, -0.15) is 4.31 Å². The summed E-state index contributed by atoms with van der Waals surface area (Å²) in [5, 5.41) is 21.1. The molecule has 2 aromatic carbocycles. The fourth-order valence-corrected chi connectivity index (χ4v) is 7.12. The molecule has 2 aliphatic rings. The van der Waals surface area contributed by atoms with Gasteiger partial charge >= 0.3 is 0 Å². The number of carbonyl (C=O) groups is 2. The van der Waals surface area contributed by atoms with Crippen molar-refractivity contribution >= 4 is 21.8 Å². The lowest BCUT2D eigenvalue weighted by molar-refractivity contribution is -0.124. The van der Waals surface area contributed by atoms with Crippen LogP contribution in [-0.2, 0) is 32.5 Å². The molecular formula is C32H46N4O6S. The van der Waals surface area contributed by atoms with Crippen LogP contribution in [-0.4, -0.2) is 74.2 Å². The molecule has 2 amide bonds. The third kappa shape index (κ3) is 9.50. The van der Waals surface area contributed by atoms with E-state index in [4.69, 9.17) is 4.74 Å². The number of benzene rings is 2. The van der Waals surface area contributed by atoms with Crippen LogP contribution in [0.3, 0.4) is 0 Å². The number of nitrogens with one attached hydrogen (secondary N) is 3. The molecule has 4 N–H and O–H groups in total. The number of carbonyl (C=O) groups excluding carboxylic acids is 2. The van der Waals surface area contributed by atoms with E-state index in [2.05, 4.69) is 16.0 Å². The number of amides is 2. The van der Waals surface area contributed by atoms with Gasteiger partial charge < -0.3 is 25.8 Å². The highest BCUT2D eigenvalue weighted by Gasteiger charge is 2.43. The predicted octanol–water partition coefficient (Wildman–Crippen LogP) is 2.60. The van der Waals surface area contributed by atoms with Crippen LogP contribution in [0.25, 0.3) is 0 Å². The minimum absolute atomic E-state index is 0.00834. The summed E-state index contributed by atoms with van der Waals surface area (Å²) in [7, 11) is -4.12. The number of nitrogens with zero attached hydrogens (tertiary/aromatic N) is 1. The van der Waals surface area contributed by atoms with Gasteiger partial charge in [0.2, 0.25) is 21.8 Å². The second kappa shape index (κ2) is 14.7. The normalized spacial score (nSPS) is 16.8. The molecular weight excluding hydrogens is 568 g/mol. The number of fused-ring (bicyclic) bond motifs is 1. The first-order chi connectivity index (χ1) is 20.5. The zero-order chi connectivity index (χ0) is 31.0. The fourth-order valence-electron chi connectivity index (χ4n) is 5.24. The minimum Gasteiger partial charge on any atom is -0.493 e. The van der Waals surface area contributed by atoms with Gasteiger partial charge in [0.15, 0.2) is 0 Å². The Balaban J connectivity index is 1.44. The molecule has 0 bridgehead atoms. The third-order valence-electron chi connectivity index (χ3n) is 7.73. The Morgan fingerprint density at radius 2 is 1.81 bits per heavy atom. The predicted molar refractivity (Wildman–Crippen MR) is 165 cm³/mol.